The number of rotatable bonds is 3. The van der Waals surface area contributed by atoms with Crippen LogP contribution in [0.25, 0.3) is 5.65 Å². The van der Waals surface area contributed by atoms with Crippen molar-refractivity contribution in [3.05, 3.63) is 71.7 Å². The van der Waals surface area contributed by atoms with Gasteiger partial charge in [-0.3, -0.25) is 9.59 Å². The molecule has 3 fully saturated rings. The Morgan fingerprint density at radius 3 is 2.40 bits per heavy atom. The Balaban J connectivity index is 1.49. The summed E-state index contributed by atoms with van der Waals surface area (Å²) in [5.41, 5.74) is 3.45. The fourth-order valence-electron chi connectivity index (χ4n) is 7.48. The summed E-state index contributed by atoms with van der Waals surface area (Å²) >= 11 is 0. The molecule has 0 unspecified atom stereocenters. The average molecular weight is 471 g/mol. The highest BCUT2D eigenvalue weighted by Crippen LogP contribution is 2.55. The second-order valence-electron chi connectivity index (χ2n) is 11.0. The van der Waals surface area contributed by atoms with E-state index in [0.717, 1.165) is 49.9 Å². The predicted octanol–water partition coefficient (Wildman–Crippen LogP) is 4.65. The smallest absolute Gasteiger partial charge is 0.274 e. The van der Waals surface area contributed by atoms with E-state index in [-0.39, 0.29) is 41.4 Å². The summed E-state index contributed by atoms with van der Waals surface area (Å²) in [7, 11) is 0. The molecule has 2 aromatic heterocycles. The second-order valence-corrected chi connectivity index (χ2v) is 11.0. The first-order chi connectivity index (χ1) is 16.9. The van der Waals surface area contributed by atoms with Gasteiger partial charge in [0.25, 0.3) is 5.91 Å². The molecule has 0 spiro atoms. The summed E-state index contributed by atoms with van der Waals surface area (Å²) in [5, 5.41) is 0. The molecule has 5 atom stereocenters. The van der Waals surface area contributed by atoms with Crippen molar-refractivity contribution >= 4 is 17.5 Å². The van der Waals surface area contributed by atoms with Gasteiger partial charge in [0.15, 0.2) is 0 Å². The average Bonchev–Trinajstić information content (AvgIpc) is 3.34. The van der Waals surface area contributed by atoms with Gasteiger partial charge < -0.3 is 14.2 Å². The number of carbonyl (C=O) groups excluding carboxylic acids is 2. The van der Waals surface area contributed by atoms with Crippen LogP contribution in [0.2, 0.25) is 0 Å². The monoisotopic (exact) mass is 470 g/mol. The highest BCUT2D eigenvalue weighted by Gasteiger charge is 2.63. The van der Waals surface area contributed by atoms with Crippen molar-refractivity contribution in [2.75, 3.05) is 0 Å². The van der Waals surface area contributed by atoms with E-state index in [4.69, 9.17) is 4.98 Å². The lowest BCUT2D eigenvalue weighted by molar-refractivity contribution is -0.132. The van der Waals surface area contributed by atoms with Gasteiger partial charge in [-0.2, -0.15) is 0 Å². The van der Waals surface area contributed by atoms with Crippen LogP contribution < -0.4 is 0 Å². The second kappa shape index (κ2) is 8.21. The van der Waals surface area contributed by atoms with Crippen LogP contribution in [0.4, 0.5) is 0 Å². The maximum absolute atomic E-state index is 14.4. The summed E-state index contributed by atoms with van der Waals surface area (Å²) in [5.74, 6) is 0.140. The molecule has 3 aliphatic rings. The molecule has 2 aliphatic heterocycles. The molecule has 6 heteroatoms. The number of aryl methyl sites for hydroxylation is 1. The number of carbonyl (C=O) groups is 2. The fourth-order valence-corrected chi connectivity index (χ4v) is 7.48. The molecule has 1 aromatic carbocycles. The Bertz CT molecular complexity index is 1280. The number of likely N-dealkylation sites (tertiary alicyclic amines) is 2. The van der Waals surface area contributed by atoms with E-state index in [0.29, 0.717) is 5.69 Å². The summed E-state index contributed by atoms with van der Waals surface area (Å²) in [6, 6.07) is 16.6. The SMILES string of the molecule is CC(=O)N1[C@H]2CCCC[C@H]3N(C(=O)c4cn5c(C)cccc5n4)[C@@H](Cc4ccccc4)[C@@H]1C[C@@]23C. The van der Waals surface area contributed by atoms with Crippen LogP contribution in [0.3, 0.4) is 0 Å². The van der Waals surface area contributed by atoms with Crippen LogP contribution in [0, 0.1) is 12.3 Å². The van der Waals surface area contributed by atoms with E-state index < -0.39 is 0 Å². The largest absolute Gasteiger partial charge is 0.334 e. The topological polar surface area (TPSA) is 57.9 Å². The van der Waals surface area contributed by atoms with Crippen LogP contribution in [0.15, 0.2) is 54.7 Å². The highest BCUT2D eigenvalue weighted by atomic mass is 16.2. The Morgan fingerprint density at radius 1 is 1.00 bits per heavy atom. The van der Waals surface area contributed by atoms with Gasteiger partial charge in [0.05, 0.1) is 12.1 Å². The molecule has 1 aliphatic carbocycles. The summed E-state index contributed by atoms with van der Waals surface area (Å²) in [6.07, 6.45) is 7.79. The minimum Gasteiger partial charge on any atom is -0.334 e. The molecule has 3 aromatic rings. The first-order valence-corrected chi connectivity index (χ1v) is 13.0. The standard InChI is InChI=1S/C29H34N4O2/c1-19-10-9-15-27-30-22(18-31(19)27)28(35)33-23(16-21-11-5-4-6-12-21)24-17-29(3)25(32(24)20(2)34)13-7-8-14-26(29)33/h4-6,9-12,15,18,23-26H,7-8,13-14,16-17H2,1-3H3/t23-,24-,25-,26+,29-/m0/s1. The van der Waals surface area contributed by atoms with Crippen LogP contribution in [-0.2, 0) is 11.2 Å². The van der Waals surface area contributed by atoms with E-state index in [1.54, 1.807) is 6.92 Å². The van der Waals surface area contributed by atoms with Crippen LogP contribution in [-0.4, -0.2) is 55.2 Å². The lowest BCUT2D eigenvalue weighted by Crippen LogP contribution is -2.62. The third-order valence-corrected chi connectivity index (χ3v) is 9.01. The number of imidazole rings is 1. The highest BCUT2D eigenvalue weighted by molar-refractivity contribution is 5.94. The van der Waals surface area contributed by atoms with E-state index in [2.05, 4.69) is 41.0 Å². The molecule has 2 amide bonds. The molecule has 2 saturated heterocycles. The Hall–Kier alpha value is -3.15. The van der Waals surface area contributed by atoms with E-state index in [1.807, 2.05) is 41.8 Å². The zero-order valence-corrected chi connectivity index (χ0v) is 20.9. The van der Waals surface area contributed by atoms with Gasteiger partial charge >= 0.3 is 0 Å². The quantitative estimate of drug-likeness (QED) is 0.560. The lowest BCUT2D eigenvalue weighted by Gasteiger charge is -2.50. The lowest BCUT2D eigenvalue weighted by atomic mass is 9.69. The molecule has 35 heavy (non-hydrogen) atoms. The van der Waals surface area contributed by atoms with Crippen molar-refractivity contribution in [2.24, 2.45) is 5.41 Å². The van der Waals surface area contributed by atoms with E-state index >= 15 is 0 Å². The molecule has 0 radical (unpaired) electrons. The number of hydrogen-bond acceptors (Lipinski definition) is 3. The van der Waals surface area contributed by atoms with Gasteiger partial charge in [-0.1, -0.05) is 56.2 Å². The van der Waals surface area contributed by atoms with Gasteiger partial charge in [-0.15, -0.1) is 0 Å². The van der Waals surface area contributed by atoms with Crippen molar-refractivity contribution in [1.29, 1.82) is 0 Å². The summed E-state index contributed by atoms with van der Waals surface area (Å²) < 4.78 is 2.00. The zero-order valence-electron chi connectivity index (χ0n) is 20.9. The Kier molecular flexibility index (Phi) is 5.24. The third kappa shape index (κ3) is 3.40. The van der Waals surface area contributed by atoms with Gasteiger partial charge in [-0.05, 0) is 50.3 Å². The fraction of sp³-hybridized carbons (Fsp3) is 0.483. The molecule has 182 valence electrons. The zero-order chi connectivity index (χ0) is 24.3. The molecule has 1 saturated carbocycles. The number of nitrogens with zero attached hydrogens (tertiary/aromatic N) is 4. The van der Waals surface area contributed by atoms with Crippen LogP contribution >= 0.6 is 0 Å². The molecule has 4 heterocycles. The maximum atomic E-state index is 14.4. The minimum absolute atomic E-state index is 0.000933. The molecule has 0 N–H and O–H groups in total. The molecule has 2 bridgehead atoms. The molecular weight excluding hydrogens is 436 g/mol. The summed E-state index contributed by atoms with van der Waals surface area (Å²) in [4.78, 5) is 36.5. The van der Waals surface area contributed by atoms with Gasteiger partial charge in [0.1, 0.15) is 11.3 Å². The van der Waals surface area contributed by atoms with Crippen molar-refractivity contribution in [1.82, 2.24) is 19.2 Å². The van der Waals surface area contributed by atoms with E-state index in [1.165, 1.54) is 5.56 Å². The van der Waals surface area contributed by atoms with Crippen molar-refractivity contribution in [3.63, 3.8) is 0 Å². The number of aromatic nitrogens is 2. The Labute approximate surface area is 206 Å². The van der Waals surface area contributed by atoms with E-state index in [9.17, 15) is 9.59 Å². The summed E-state index contributed by atoms with van der Waals surface area (Å²) in [6.45, 7) is 6.07. The molecule has 6 rings (SSSR count). The first kappa shape index (κ1) is 22.3. The van der Waals surface area contributed by atoms with Crippen molar-refractivity contribution < 1.29 is 9.59 Å². The van der Waals surface area contributed by atoms with Crippen LogP contribution in [0.5, 0.6) is 0 Å². The van der Waals surface area contributed by atoms with Gasteiger partial charge in [-0.25, -0.2) is 4.98 Å². The number of piperidine rings is 1. The number of hydrogen-bond donors (Lipinski definition) is 0. The number of benzene rings is 1. The Morgan fingerprint density at radius 2 is 1.71 bits per heavy atom. The predicted molar refractivity (Wildman–Crippen MR) is 135 cm³/mol. The number of amides is 2. The van der Waals surface area contributed by atoms with Gasteiger partial charge in [0.2, 0.25) is 5.91 Å². The number of pyridine rings is 1. The normalized spacial score (nSPS) is 29.9. The molecular formula is C29H34N4O2. The first-order valence-electron chi connectivity index (χ1n) is 13.0. The van der Waals surface area contributed by atoms with Crippen molar-refractivity contribution in [3.8, 4) is 0 Å². The van der Waals surface area contributed by atoms with Crippen LogP contribution in [0.1, 0.15) is 67.7 Å². The van der Waals surface area contributed by atoms with Crippen molar-refractivity contribution in [2.45, 2.75) is 83.5 Å². The molecule has 6 nitrogen and oxygen atoms in total. The van der Waals surface area contributed by atoms with Gasteiger partial charge in [0, 0.05) is 36.3 Å². The third-order valence-electron chi connectivity index (χ3n) is 9.01. The maximum Gasteiger partial charge on any atom is 0.274 e. The number of fused-ring (bicyclic) bond motifs is 2. The minimum atomic E-state index is -0.0925.